The van der Waals surface area contributed by atoms with E-state index >= 15 is 0 Å². The van der Waals surface area contributed by atoms with Crippen molar-refractivity contribution in [3.05, 3.63) is 78.4 Å². The summed E-state index contributed by atoms with van der Waals surface area (Å²) in [7, 11) is 0. The molecule has 1 aliphatic rings. The van der Waals surface area contributed by atoms with E-state index in [1.54, 1.807) is 13.1 Å². The number of rotatable bonds is 8. The second-order valence-corrected chi connectivity index (χ2v) is 7.81. The third kappa shape index (κ3) is 4.94. The first kappa shape index (κ1) is 19.4. The minimum atomic E-state index is -0.570. The smallest absolute Gasteiger partial charge is 0.137 e. The monoisotopic (exact) mass is 389 g/mol. The lowest BCUT2D eigenvalue weighted by atomic mass is 10.0. The summed E-state index contributed by atoms with van der Waals surface area (Å²) in [6.45, 7) is 2.99. The van der Waals surface area contributed by atoms with E-state index in [2.05, 4.69) is 53.5 Å². The Morgan fingerprint density at radius 3 is 2.41 bits per heavy atom. The zero-order valence-corrected chi connectivity index (χ0v) is 16.7. The Hall–Kier alpha value is -2.89. The van der Waals surface area contributed by atoms with Gasteiger partial charge in [-0.1, -0.05) is 48.6 Å². The molecule has 3 aromatic rings. The summed E-state index contributed by atoms with van der Waals surface area (Å²) in [5, 5.41) is 9.71. The van der Waals surface area contributed by atoms with Gasteiger partial charge in [0, 0.05) is 18.9 Å². The van der Waals surface area contributed by atoms with Gasteiger partial charge in [0.05, 0.1) is 5.54 Å². The Balaban J connectivity index is 1.35. The van der Waals surface area contributed by atoms with Gasteiger partial charge in [-0.2, -0.15) is 0 Å². The molecular formula is C24H27N3O2. The lowest BCUT2D eigenvalue weighted by molar-refractivity contribution is 0.184. The topological polar surface area (TPSA) is 73.3 Å². The van der Waals surface area contributed by atoms with Crippen LogP contribution in [0.5, 0.6) is 5.75 Å². The summed E-state index contributed by atoms with van der Waals surface area (Å²) in [6, 6.07) is 16.6. The van der Waals surface area contributed by atoms with Crippen LogP contribution in [-0.4, -0.2) is 26.8 Å². The molecule has 1 aliphatic carbocycles. The molecule has 4 rings (SSSR count). The largest absolute Gasteiger partial charge is 0.492 e. The number of nitrogens with zero attached hydrogens (tertiary/aromatic N) is 2. The van der Waals surface area contributed by atoms with Gasteiger partial charge in [-0.25, -0.2) is 4.98 Å². The summed E-state index contributed by atoms with van der Waals surface area (Å²) in [6.07, 6.45) is 9.26. The number of aromatic nitrogens is 2. The maximum Gasteiger partial charge on any atom is 0.137 e. The third-order valence-electron chi connectivity index (χ3n) is 5.25. The molecule has 1 fully saturated rings. The van der Waals surface area contributed by atoms with Crippen LogP contribution < -0.4 is 10.5 Å². The van der Waals surface area contributed by atoms with Gasteiger partial charge in [0.1, 0.15) is 24.3 Å². The maximum absolute atomic E-state index is 9.71. The first-order valence-electron chi connectivity index (χ1n) is 10.0. The molecule has 3 N–H and O–H groups in total. The van der Waals surface area contributed by atoms with Crippen molar-refractivity contribution < 1.29 is 9.84 Å². The molecule has 150 valence electrons. The molecule has 0 saturated heterocycles. The number of ether oxygens (including phenoxy) is 1. The van der Waals surface area contributed by atoms with E-state index in [0.29, 0.717) is 19.0 Å². The average molecular weight is 389 g/mol. The van der Waals surface area contributed by atoms with E-state index in [9.17, 15) is 5.11 Å². The van der Waals surface area contributed by atoms with Gasteiger partial charge in [-0.3, -0.25) is 0 Å². The van der Waals surface area contributed by atoms with E-state index in [1.165, 1.54) is 0 Å². The quantitative estimate of drug-likeness (QED) is 0.606. The molecule has 29 heavy (non-hydrogen) atoms. The molecule has 1 saturated carbocycles. The fourth-order valence-corrected chi connectivity index (χ4v) is 3.21. The molecule has 0 amide bonds. The Kier molecular flexibility index (Phi) is 5.51. The van der Waals surface area contributed by atoms with Crippen LogP contribution in [0.4, 0.5) is 0 Å². The number of nitrogens with two attached hydrogens (primary N) is 1. The van der Waals surface area contributed by atoms with Crippen LogP contribution in [0.15, 0.2) is 67.0 Å². The molecule has 0 unspecified atom stereocenters. The number of aliphatic hydroxyl groups excluding tert-OH is 1. The van der Waals surface area contributed by atoms with Crippen molar-refractivity contribution in [1.29, 1.82) is 0 Å². The molecule has 2 aromatic carbocycles. The van der Waals surface area contributed by atoms with Crippen LogP contribution in [0.1, 0.15) is 37.3 Å². The molecule has 0 bridgehead atoms. The zero-order valence-electron chi connectivity index (χ0n) is 16.7. The standard InChI is InChI=1S/C24H27N3O2/c1-18(28)23-26-14-16-27(23)15-2-3-19-4-6-20(7-5-19)21-8-10-22(11-9-21)29-17-24(25)12-13-24/h2-11,14,16,18,28H,12-13,15,17,25H2,1H3/t18-/m0/s1. The van der Waals surface area contributed by atoms with Crippen molar-refractivity contribution in [3.8, 4) is 16.9 Å². The Labute approximate surface area is 171 Å². The second kappa shape index (κ2) is 8.23. The van der Waals surface area contributed by atoms with Crippen LogP contribution in [-0.2, 0) is 6.54 Å². The first-order chi connectivity index (χ1) is 14.0. The summed E-state index contributed by atoms with van der Waals surface area (Å²) >= 11 is 0. The van der Waals surface area contributed by atoms with Crippen molar-refractivity contribution in [2.24, 2.45) is 5.73 Å². The van der Waals surface area contributed by atoms with Crippen LogP contribution in [0.25, 0.3) is 17.2 Å². The number of benzene rings is 2. The van der Waals surface area contributed by atoms with Gasteiger partial charge < -0.3 is 20.1 Å². The summed E-state index contributed by atoms with van der Waals surface area (Å²) in [4.78, 5) is 4.18. The minimum absolute atomic E-state index is 0.0994. The highest BCUT2D eigenvalue weighted by Crippen LogP contribution is 2.33. The van der Waals surface area contributed by atoms with E-state index in [-0.39, 0.29) is 5.54 Å². The maximum atomic E-state index is 9.71. The van der Waals surface area contributed by atoms with Gasteiger partial charge in [-0.15, -0.1) is 0 Å². The number of allylic oxidation sites excluding steroid dienone is 1. The number of imidazole rings is 1. The van der Waals surface area contributed by atoms with Crippen LogP contribution in [0.3, 0.4) is 0 Å². The fourth-order valence-electron chi connectivity index (χ4n) is 3.21. The van der Waals surface area contributed by atoms with E-state index in [0.717, 1.165) is 35.3 Å². The van der Waals surface area contributed by atoms with Crippen molar-refractivity contribution in [2.45, 2.75) is 38.0 Å². The predicted molar refractivity (Wildman–Crippen MR) is 115 cm³/mol. The zero-order chi connectivity index (χ0) is 20.3. The average Bonchev–Trinajstić information content (AvgIpc) is 3.28. The molecule has 0 spiro atoms. The van der Waals surface area contributed by atoms with Crippen molar-refractivity contribution in [1.82, 2.24) is 9.55 Å². The Morgan fingerprint density at radius 2 is 1.79 bits per heavy atom. The van der Waals surface area contributed by atoms with Crippen molar-refractivity contribution >= 4 is 6.08 Å². The number of hydrogen-bond acceptors (Lipinski definition) is 4. The molecule has 5 nitrogen and oxygen atoms in total. The Bertz CT molecular complexity index is 968. The molecule has 1 aromatic heterocycles. The van der Waals surface area contributed by atoms with Crippen molar-refractivity contribution in [2.75, 3.05) is 6.61 Å². The van der Waals surface area contributed by atoms with Crippen LogP contribution in [0, 0.1) is 0 Å². The molecule has 0 radical (unpaired) electrons. The van der Waals surface area contributed by atoms with Gasteiger partial charge >= 0.3 is 0 Å². The molecule has 1 atom stereocenters. The molecule has 1 heterocycles. The third-order valence-corrected chi connectivity index (χ3v) is 5.25. The molecule has 5 heteroatoms. The van der Waals surface area contributed by atoms with E-state index < -0.39 is 6.10 Å². The SMILES string of the molecule is C[C@H](O)c1nccn1CC=Cc1ccc(-c2ccc(OCC3(N)CC3)cc2)cc1. The molecular weight excluding hydrogens is 362 g/mol. The highest BCUT2D eigenvalue weighted by atomic mass is 16.5. The predicted octanol–water partition coefficient (Wildman–Crippen LogP) is 4.19. The first-order valence-corrected chi connectivity index (χ1v) is 10.0. The second-order valence-electron chi connectivity index (χ2n) is 7.81. The number of aliphatic hydroxyl groups is 1. The Morgan fingerprint density at radius 1 is 1.14 bits per heavy atom. The van der Waals surface area contributed by atoms with E-state index in [4.69, 9.17) is 10.5 Å². The van der Waals surface area contributed by atoms with Crippen molar-refractivity contribution in [3.63, 3.8) is 0 Å². The summed E-state index contributed by atoms with van der Waals surface area (Å²) in [5.41, 5.74) is 9.41. The van der Waals surface area contributed by atoms with Crippen LogP contribution >= 0.6 is 0 Å². The number of hydrogen-bond donors (Lipinski definition) is 2. The lowest BCUT2D eigenvalue weighted by Crippen LogP contribution is -2.29. The summed E-state index contributed by atoms with van der Waals surface area (Å²) < 4.78 is 7.72. The summed E-state index contributed by atoms with van der Waals surface area (Å²) in [5.74, 6) is 1.54. The van der Waals surface area contributed by atoms with E-state index in [1.807, 2.05) is 22.9 Å². The van der Waals surface area contributed by atoms with Crippen LogP contribution in [0.2, 0.25) is 0 Å². The fraction of sp³-hybridized carbons (Fsp3) is 0.292. The highest BCUT2D eigenvalue weighted by Gasteiger charge is 2.39. The van der Waals surface area contributed by atoms with Gasteiger partial charge in [0.25, 0.3) is 0 Å². The van der Waals surface area contributed by atoms with Gasteiger partial charge in [0.15, 0.2) is 0 Å². The van der Waals surface area contributed by atoms with Gasteiger partial charge in [-0.05, 0) is 48.6 Å². The normalized spacial score (nSPS) is 16.1. The molecule has 0 aliphatic heterocycles. The minimum Gasteiger partial charge on any atom is -0.492 e. The van der Waals surface area contributed by atoms with Gasteiger partial charge in [0.2, 0.25) is 0 Å². The lowest BCUT2D eigenvalue weighted by Gasteiger charge is -2.11. The highest BCUT2D eigenvalue weighted by molar-refractivity contribution is 5.66.